The largest absolute Gasteiger partial charge is 0.464 e. The van der Waals surface area contributed by atoms with Crippen molar-refractivity contribution in [3.05, 3.63) is 24.0 Å². The van der Waals surface area contributed by atoms with Gasteiger partial charge in [-0.2, -0.15) is 0 Å². The molecule has 6 heteroatoms. The summed E-state index contributed by atoms with van der Waals surface area (Å²) in [5.74, 6) is -0.933. The molecule has 3 N–H and O–H groups in total. The zero-order valence-corrected chi connectivity index (χ0v) is 10.6. The molecule has 0 aromatic carbocycles. The number of nitrogens with one attached hydrogen (secondary N) is 1. The predicted molar refractivity (Wildman–Crippen MR) is 67.0 cm³/mol. The number of primary amides is 1. The van der Waals surface area contributed by atoms with Crippen molar-refractivity contribution in [2.45, 2.75) is 19.9 Å². The Bertz CT molecular complexity index is 446. The Balaban J connectivity index is 2.90. The van der Waals surface area contributed by atoms with Gasteiger partial charge in [0.25, 0.3) is 0 Å². The molecule has 1 unspecified atom stereocenters. The lowest BCUT2D eigenvalue weighted by Gasteiger charge is -2.20. The Labute approximate surface area is 106 Å². The maximum atomic E-state index is 11.3. The fourth-order valence-corrected chi connectivity index (χ4v) is 1.48. The fourth-order valence-electron chi connectivity index (χ4n) is 1.48. The number of pyridine rings is 1. The van der Waals surface area contributed by atoms with Crippen LogP contribution in [0.1, 0.15) is 24.3 Å². The van der Waals surface area contributed by atoms with Crippen LogP contribution in [0.3, 0.4) is 0 Å². The Morgan fingerprint density at radius 1 is 1.44 bits per heavy atom. The molecule has 0 aliphatic rings. The number of hydrogen-bond donors (Lipinski definition) is 2. The molecule has 0 fully saturated rings. The summed E-state index contributed by atoms with van der Waals surface area (Å²) in [4.78, 5) is 26.5. The smallest absolute Gasteiger partial charge is 0.356 e. The highest BCUT2D eigenvalue weighted by Gasteiger charge is 2.19. The molecule has 0 radical (unpaired) electrons. The molecule has 6 nitrogen and oxygen atoms in total. The minimum atomic E-state index is -0.529. The van der Waals surface area contributed by atoms with Crippen LogP contribution < -0.4 is 11.1 Å². The highest BCUT2D eigenvalue weighted by Crippen LogP contribution is 2.13. The Kier molecular flexibility index (Phi) is 4.65. The monoisotopic (exact) mass is 251 g/mol. The molecule has 0 bridgehead atoms. The number of aromatic nitrogens is 1. The Morgan fingerprint density at radius 3 is 2.61 bits per heavy atom. The van der Waals surface area contributed by atoms with Gasteiger partial charge in [0, 0.05) is 11.9 Å². The third-order valence-corrected chi connectivity index (χ3v) is 2.45. The third kappa shape index (κ3) is 3.44. The van der Waals surface area contributed by atoms with E-state index in [4.69, 9.17) is 5.73 Å². The molecular formula is C12H17N3O3. The number of carbonyl (C=O) groups excluding carboxylic acids is 2. The number of hydrogen-bond acceptors (Lipinski definition) is 5. The summed E-state index contributed by atoms with van der Waals surface area (Å²) in [6.07, 6.45) is 1.47. The first-order valence-corrected chi connectivity index (χ1v) is 5.56. The number of esters is 1. The number of ether oxygens (including phenoxy) is 1. The molecule has 0 aliphatic heterocycles. The van der Waals surface area contributed by atoms with Crippen LogP contribution in [0.2, 0.25) is 0 Å². The van der Waals surface area contributed by atoms with E-state index < -0.39 is 17.9 Å². The van der Waals surface area contributed by atoms with Crippen LogP contribution in [0.5, 0.6) is 0 Å². The molecule has 1 amide bonds. The van der Waals surface area contributed by atoms with Gasteiger partial charge in [-0.05, 0) is 18.1 Å². The van der Waals surface area contributed by atoms with Crippen molar-refractivity contribution < 1.29 is 14.3 Å². The van der Waals surface area contributed by atoms with E-state index in [0.29, 0.717) is 5.69 Å². The SMILES string of the molecule is COC(=O)c1cc(NC(C(N)=O)C(C)C)ccn1. The van der Waals surface area contributed by atoms with E-state index in [1.165, 1.54) is 19.4 Å². The molecule has 18 heavy (non-hydrogen) atoms. The van der Waals surface area contributed by atoms with Gasteiger partial charge in [-0.25, -0.2) is 9.78 Å². The Hall–Kier alpha value is -2.11. The molecule has 1 rings (SSSR count). The maximum Gasteiger partial charge on any atom is 0.356 e. The van der Waals surface area contributed by atoms with Gasteiger partial charge in [0.1, 0.15) is 11.7 Å². The van der Waals surface area contributed by atoms with Gasteiger partial charge in [0.15, 0.2) is 0 Å². The van der Waals surface area contributed by atoms with E-state index >= 15 is 0 Å². The van der Waals surface area contributed by atoms with Crippen LogP contribution in [0.25, 0.3) is 0 Å². The van der Waals surface area contributed by atoms with Crippen molar-refractivity contribution >= 4 is 17.6 Å². The van der Waals surface area contributed by atoms with Gasteiger partial charge >= 0.3 is 5.97 Å². The van der Waals surface area contributed by atoms with Gasteiger partial charge in [0.2, 0.25) is 5.91 Å². The van der Waals surface area contributed by atoms with Crippen LogP contribution in [-0.4, -0.2) is 30.0 Å². The number of rotatable bonds is 5. The molecule has 1 heterocycles. The lowest BCUT2D eigenvalue weighted by Crippen LogP contribution is -2.39. The lowest BCUT2D eigenvalue weighted by atomic mass is 10.0. The Morgan fingerprint density at radius 2 is 2.11 bits per heavy atom. The molecule has 0 saturated carbocycles. The number of carbonyl (C=O) groups is 2. The highest BCUT2D eigenvalue weighted by molar-refractivity contribution is 5.88. The van der Waals surface area contributed by atoms with Crippen LogP contribution in [0, 0.1) is 5.92 Å². The molecule has 1 atom stereocenters. The lowest BCUT2D eigenvalue weighted by molar-refractivity contribution is -0.119. The second kappa shape index (κ2) is 6.00. The number of anilines is 1. The number of amides is 1. The van der Waals surface area contributed by atoms with Crippen LogP contribution in [0.15, 0.2) is 18.3 Å². The average Bonchev–Trinajstić information content (AvgIpc) is 2.34. The summed E-state index contributed by atoms with van der Waals surface area (Å²) >= 11 is 0. The molecule has 1 aromatic rings. The predicted octanol–water partition coefficient (Wildman–Crippen LogP) is 0.790. The van der Waals surface area contributed by atoms with Crippen molar-refractivity contribution in [2.24, 2.45) is 11.7 Å². The van der Waals surface area contributed by atoms with Gasteiger partial charge in [-0.1, -0.05) is 13.8 Å². The second-order valence-electron chi connectivity index (χ2n) is 4.19. The number of nitrogens with zero attached hydrogens (tertiary/aromatic N) is 1. The first kappa shape index (κ1) is 14.0. The molecule has 0 aliphatic carbocycles. The standard InChI is InChI=1S/C12H17N3O3/c1-7(2)10(11(13)16)15-8-4-5-14-9(6-8)12(17)18-3/h4-7,10H,1-3H3,(H2,13,16)(H,14,15). The normalized spacial score (nSPS) is 12.0. The van der Waals surface area contributed by atoms with E-state index in [9.17, 15) is 9.59 Å². The summed E-state index contributed by atoms with van der Waals surface area (Å²) in [7, 11) is 1.28. The molecule has 0 saturated heterocycles. The number of nitrogens with two attached hydrogens (primary N) is 1. The first-order chi connectivity index (χ1) is 8.45. The summed E-state index contributed by atoms with van der Waals surface area (Å²) in [6, 6.07) is 2.67. The van der Waals surface area contributed by atoms with Gasteiger partial charge < -0.3 is 15.8 Å². The molecule has 98 valence electrons. The van der Waals surface area contributed by atoms with Crippen molar-refractivity contribution in [1.82, 2.24) is 4.98 Å². The van der Waals surface area contributed by atoms with E-state index in [0.717, 1.165) is 0 Å². The minimum Gasteiger partial charge on any atom is -0.464 e. The van der Waals surface area contributed by atoms with Crippen LogP contribution in [-0.2, 0) is 9.53 Å². The van der Waals surface area contributed by atoms with E-state index in [1.54, 1.807) is 6.07 Å². The summed E-state index contributed by atoms with van der Waals surface area (Å²) in [6.45, 7) is 3.76. The van der Waals surface area contributed by atoms with E-state index in [2.05, 4.69) is 15.0 Å². The highest BCUT2D eigenvalue weighted by atomic mass is 16.5. The van der Waals surface area contributed by atoms with Crippen molar-refractivity contribution in [2.75, 3.05) is 12.4 Å². The molecular weight excluding hydrogens is 234 g/mol. The van der Waals surface area contributed by atoms with E-state index in [-0.39, 0.29) is 11.6 Å². The average molecular weight is 251 g/mol. The van der Waals surface area contributed by atoms with Crippen molar-refractivity contribution in [1.29, 1.82) is 0 Å². The second-order valence-corrected chi connectivity index (χ2v) is 4.19. The van der Waals surface area contributed by atoms with Crippen LogP contribution in [0.4, 0.5) is 5.69 Å². The van der Waals surface area contributed by atoms with Gasteiger partial charge in [0.05, 0.1) is 7.11 Å². The van der Waals surface area contributed by atoms with E-state index in [1.807, 2.05) is 13.8 Å². The first-order valence-electron chi connectivity index (χ1n) is 5.56. The fraction of sp³-hybridized carbons (Fsp3) is 0.417. The third-order valence-electron chi connectivity index (χ3n) is 2.45. The summed E-state index contributed by atoms with van der Waals surface area (Å²) < 4.78 is 4.57. The quantitative estimate of drug-likeness (QED) is 0.754. The molecule has 0 spiro atoms. The zero-order chi connectivity index (χ0) is 13.7. The topological polar surface area (TPSA) is 94.3 Å². The van der Waals surface area contributed by atoms with Crippen molar-refractivity contribution in [3.63, 3.8) is 0 Å². The minimum absolute atomic E-state index is 0.0391. The molecule has 1 aromatic heterocycles. The van der Waals surface area contributed by atoms with Gasteiger partial charge in [-0.3, -0.25) is 4.79 Å². The summed E-state index contributed by atoms with van der Waals surface area (Å²) in [5, 5.41) is 2.97. The maximum absolute atomic E-state index is 11.3. The van der Waals surface area contributed by atoms with Crippen LogP contribution >= 0.6 is 0 Å². The van der Waals surface area contributed by atoms with Gasteiger partial charge in [-0.15, -0.1) is 0 Å². The number of methoxy groups -OCH3 is 1. The van der Waals surface area contributed by atoms with Crippen molar-refractivity contribution in [3.8, 4) is 0 Å². The summed E-state index contributed by atoms with van der Waals surface area (Å²) in [5.41, 5.74) is 6.08. The zero-order valence-electron chi connectivity index (χ0n) is 10.6.